The van der Waals surface area contributed by atoms with Crippen molar-refractivity contribution < 1.29 is 9.53 Å². The van der Waals surface area contributed by atoms with Gasteiger partial charge in [-0.2, -0.15) is 0 Å². The molecule has 0 fully saturated rings. The number of hydrogen-bond donors (Lipinski definition) is 1. The molecule has 0 saturated heterocycles. The highest BCUT2D eigenvalue weighted by atomic mass is 16.5. The summed E-state index contributed by atoms with van der Waals surface area (Å²) >= 11 is 0. The number of hydrogen-bond acceptors (Lipinski definition) is 4. The van der Waals surface area contributed by atoms with E-state index >= 15 is 0 Å². The number of ether oxygens (including phenoxy) is 1. The van der Waals surface area contributed by atoms with Crippen molar-refractivity contribution in [1.29, 1.82) is 0 Å². The lowest BCUT2D eigenvalue weighted by Crippen LogP contribution is -2.30. The molecule has 4 heteroatoms. The van der Waals surface area contributed by atoms with Crippen LogP contribution in [-0.2, 0) is 4.74 Å². The molecule has 1 heterocycles. The molecule has 0 saturated carbocycles. The Morgan fingerprint density at radius 3 is 2.64 bits per heavy atom. The van der Waals surface area contributed by atoms with Gasteiger partial charge in [-0.3, -0.25) is 4.79 Å². The van der Waals surface area contributed by atoms with Gasteiger partial charge >= 0.3 is 0 Å². The first-order valence-corrected chi connectivity index (χ1v) is 8.58. The van der Waals surface area contributed by atoms with Gasteiger partial charge in [0, 0.05) is 11.3 Å². The predicted molar refractivity (Wildman–Crippen MR) is 102 cm³/mol. The molecule has 2 aromatic carbocycles. The molecular weight excluding hydrogens is 312 g/mol. The van der Waals surface area contributed by atoms with Crippen LogP contribution in [0.4, 0.5) is 11.4 Å². The summed E-state index contributed by atoms with van der Waals surface area (Å²) in [7, 11) is 0. The summed E-state index contributed by atoms with van der Waals surface area (Å²) in [6.07, 6.45) is 0.872. The van der Waals surface area contributed by atoms with E-state index in [1.54, 1.807) is 0 Å². The third-order valence-corrected chi connectivity index (χ3v) is 4.86. The van der Waals surface area contributed by atoms with Gasteiger partial charge in [-0.25, -0.2) is 4.99 Å². The highest BCUT2D eigenvalue weighted by Gasteiger charge is 2.35. The summed E-state index contributed by atoms with van der Waals surface area (Å²) in [5.74, 6) is 1.04. The summed E-state index contributed by atoms with van der Waals surface area (Å²) in [4.78, 5) is 16.2. The quantitative estimate of drug-likeness (QED) is 0.802. The number of anilines is 2. The Hall–Kier alpha value is -2.62. The highest BCUT2D eigenvalue weighted by molar-refractivity contribution is 6.02. The topological polar surface area (TPSA) is 50.7 Å². The van der Waals surface area contributed by atoms with E-state index in [1.165, 1.54) is 0 Å². The van der Waals surface area contributed by atoms with Crippen LogP contribution < -0.4 is 5.32 Å². The van der Waals surface area contributed by atoms with Crippen LogP contribution in [0.5, 0.6) is 0 Å². The largest absolute Gasteiger partial charge is 0.475 e. The molecule has 1 atom stereocenters. The summed E-state index contributed by atoms with van der Waals surface area (Å²) < 4.78 is 5.91. The molecule has 4 nitrogen and oxygen atoms in total. The van der Waals surface area contributed by atoms with Crippen molar-refractivity contribution in [3.63, 3.8) is 0 Å². The molecular formula is C21H24N2O2. The molecule has 0 aromatic heterocycles. The first kappa shape index (κ1) is 17.2. The Labute approximate surface area is 148 Å². The average molecular weight is 336 g/mol. The van der Waals surface area contributed by atoms with Gasteiger partial charge in [0.2, 0.25) is 5.90 Å². The van der Waals surface area contributed by atoms with Crippen LogP contribution in [-0.4, -0.2) is 24.3 Å². The van der Waals surface area contributed by atoms with Gasteiger partial charge in [0.1, 0.15) is 6.61 Å². The van der Waals surface area contributed by atoms with Gasteiger partial charge in [-0.1, -0.05) is 37.6 Å². The van der Waals surface area contributed by atoms with E-state index in [4.69, 9.17) is 9.73 Å². The van der Waals surface area contributed by atoms with Crippen LogP contribution in [0.1, 0.15) is 42.3 Å². The molecule has 2 aromatic rings. The number of para-hydroxylation sites is 1. The summed E-state index contributed by atoms with van der Waals surface area (Å²) in [5, 5.41) is 3.36. The lowest BCUT2D eigenvalue weighted by molar-refractivity contribution is 0.112. The van der Waals surface area contributed by atoms with Crippen LogP contribution >= 0.6 is 0 Å². The number of nitrogens with one attached hydrogen (secondary N) is 1. The zero-order chi connectivity index (χ0) is 18.0. The van der Waals surface area contributed by atoms with Crippen LogP contribution in [0.3, 0.4) is 0 Å². The second-order valence-corrected chi connectivity index (χ2v) is 7.10. The van der Waals surface area contributed by atoms with Crippen molar-refractivity contribution in [2.24, 2.45) is 10.9 Å². The maximum absolute atomic E-state index is 11.4. The Bertz CT molecular complexity index is 826. The van der Waals surface area contributed by atoms with E-state index in [2.05, 4.69) is 26.1 Å². The second kappa shape index (κ2) is 6.71. The monoisotopic (exact) mass is 336 g/mol. The average Bonchev–Trinajstić information content (AvgIpc) is 3.00. The van der Waals surface area contributed by atoms with Crippen LogP contribution in [0.25, 0.3) is 0 Å². The van der Waals surface area contributed by atoms with Crippen molar-refractivity contribution in [2.75, 3.05) is 11.9 Å². The standard InChI is InChI=1S/C21H24N2O2/c1-14(2)21(4)13-25-20(23-21)17-7-5-6-8-19(17)22-18-10-9-15(3)11-16(18)12-24/h5-12,14,22H,13H2,1-4H3/t21-/m0/s1. The van der Waals surface area contributed by atoms with E-state index in [1.807, 2.05) is 49.4 Å². The minimum atomic E-state index is -0.208. The Morgan fingerprint density at radius 2 is 1.96 bits per heavy atom. The van der Waals surface area contributed by atoms with E-state index in [-0.39, 0.29) is 5.54 Å². The van der Waals surface area contributed by atoms with Crippen LogP contribution in [0, 0.1) is 12.8 Å². The summed E-state index contributed by atoms with van der Waals surface area (Å²) in [5.41, 5.74) is 4.04. The van der Waals surface area contributed by atoms with E-state index in [0.717, 1.165) is 28.8 Å². The van der Waals surface area contributed by atoms with Gasteiger partial charge in [0.05, 0.1) is 16.8 Å². The number of carbonyl (C=O) groups is 1. The van der Waals surface area contributed by atoms with Crippen LogP contribution in [0.15, 0.2) is 47.5 Å². The van der Waals surface area contributed by atoms with E-state index in [0.29, 0.717) is 24.0 Å². The van der Waals surface area contributed by atoms with Gasteiger partial charge in [-0.15, -0.1) is 0 Å². The number of aldehydes is 1. The number of nitrogens with zero attached hydrogens (tertiary/aromatic N) is 1. The Kier molecular flexibility index (Phi) is 4.62. The number of benzene rings is 2. The lowest BCUT2D eigenvalue weighted by Gasteiger charge is -2.22. The number of aryl methyl sites for hydroxylation is 1. The summed E-state index contributed by atoms with van der Waals surface area (Å²) in [6.45, 7) is 8.98. The van der Waals surface area contributed by atoms with Crippen LogP contribution in [0.2, 0.25) is 0 Å². The minimum Gasteiger partial charge on any atom is -0.475 e. The predicted octanol–water partition coefficient (Wildman–Crippen LogP) is 4.74. The molecule has 0 aliphatic carbocycles. The zero-order valence-electron chi connectivity index (χ0n) is 15.2. The highest BCUT2D eigenvalue weighted by Crippen LogP contribution is 2.31. The fourth-order valence-corrected chi connectivity index (χ4v) is 2.76. The number of aliphatic imine (C=N–C) groups is 1. The van der Waals surface area contributed by atoms with Gasteiger partial charge in [0.15, 0.2) is 6.29 Å². The maximum atomic E-state index is 11.4. The third-order valence-electron chi connectivity index (χ3n) is 4.86. The smallest absolute Gasteiger partial charge is 0.218 e. The molecule has 1 aliphatic heterocycles. The first-order valence-electron chi connectivity index (χ1n) is 8.58. The van der Waals surface area contributed by atoms with Gasteiger partial charge in [0.25, 0.3) is 0 Å². The van der Waals surface area contributed by atoms with Crippen molar-refractivity contribution in [3.8, 4) is 0 Å². The maximum Gasteiger partial charge on any atom is 0.218 e. The fourth-order valence-electron chi connectivity index (χ4n) is 2.76. The Balaban J connectivity index is 1.97. The van der Waals surface area contributed by atoms with E-state index < -0.39 is 0 Å². The normalized spacial score (nSPS) is 19.5. The molecule has 3 rings (SSSR count). The zero-order valence-corrected chi connectivity index (χ0v) is 15.2. The third kappa shape index (κ3) is 3.43. The molecule has 0 spiro atoms. The van der Waals surface area contributed by atoms with Gasteiger partial charge in [-0.05, 0) is 44.0 Å². The Morgan fingerprint density at radius 1 is 1.20 bits per heavy atom. The number of rotatable bonds is 5. The van der Waals surface area contributed by atoms with E-state index in [9.17, 15) is 4.79 Å². The summed E-state index contributed by atoms with van der Waals surface area (Å²) in [6, 6.07) is 13.7. The minimum absolute atomic E-state index is 0.208. The lowest BCUT2D eigenvalue weighted by atomic mass is 9.91. The van der Waals surface area contributed by atoms with Gasteiger partial charge < -0.3 is 10.1 Å². The van der Waals surface area contributed by atoms with Crippen molar-refractivity contribution in [3.05, 3.63) is 59.2 Å². The number of carbonyl (C=O) groups excluding carboxylic acids is 1. The van der Waals surface area contributed by atoms with Crippen molar-refractivity contribution in [1.82, 2.24) is 0 Å². The SMILES string of the molecule is Cc1ccc(Nc2ccccc2C2=N[C@](C)(C(C)C)CO2)c(C=O)c1. The fraction of sp³-hybridized carbons (Fsp3) is 0.333. The van der Waals surface area contributed by atoms with Crippen molar-refractivity contribution in [2.45, 2.75) is 33.2 Å². The molecule has 0 unspecified atom stereocenters. The second-order valence-electron chi connectivity index (χ2n) is 7.10. The molecule has 0 bridgehead atoms. The molecule has 0 amide bonds. The first-order chi connectivity index (χ1) is 11.9. The molecule has 130 valence electrons. The molecule has 1 N–H and O–H groups in total. The molecule has 0 radical (unpaired) electrons. The van der Waals surface area contributed by atoms with Crippen molar-refractivity contribution >= 4 is 23.6 Å². The molecule has 25 heavy (non-hydrogen) atoms. The molecule has 1 aliphatic rings.